The van der Waals surface area contributed by atoms with Crippen LogP contribution in [-0.2, 0) is 9.53 Å². The smallest absolute Gasteiger partial charge is 0.384 e. The summed E-state index contributed by atoms with van der Waals surface area (Å²) in [5.41, 5.74) is -0.792. The first-order valence-electron chi connectivity index (χ1n) is 7.06. The summed E-state index contributed by atoms with van der Waals surface area (Å²) in [5, 5.41) is 11.2. The van der Waals surface area contributed by atoms with Crippen molar-refractivity contribution in [2.75, 3.05) is 13.7 Å². The van der Waals surface area contributed by atoms with E-state index >= 15 is 0 Å². The number of benzene rings is 1. The first-order chi connectivity index (χ1) is 11.3. The Morgan fingerprint density at radius 1 is 1.25 bits per heavy atom. The summed E-state index contributed by atoms with van der Waals surface area (Å²) in [4.78, 5) is 33.8. The van der Waals surface area contributed by atoms with Crippen molar-refractivity contribution in [1.82, 2.24) is 0 Å². The fourth-order valence-electron chi connectivity index (χ4n) is 1.73. The molecule has 8 nitrogen and oxygen atoms in total. The molecular weight excluding hydrogens is 318 g/mol. The molecule has 0 saturated heterocycles. The Labute approximate surface area is 138 Å². The van der Waals surface area contributed by atoms with E-state index in [0.717, 1.165) is 6.07 Å². The van der Waals surface area contributed by atoms with Crippen molar-refractivity contribution < 1.29 is 28.7 Å². The van der Waals surface area contributed by atoms with Crippen LogP contribution in [0.15, 0.2) is 12.1 Å². The van der Waals surface area contributed by atoms with Crippen LogP contribution in [0.25, 0.3) is 0 Å². The topological polar surface area (TPSA) is 105 Å². The van der Waals surface area contributed by atoms with E-state index in [1.54, 1.807) is 20.8 Å². The number of nitro benzene ring substituents is 1. The van der Waals surface area contributed by atoms with Crippen LogP contribution in [0.1, 0.15) is 31.1 Å². The van der Waals surface area contributed by atoms with Crippen LogP contribution in [-0.4, -0.2) is 36.5 Å². The Bertz CT molecular complexity index is 713. The van der Waals surface area contributed by atoms with E-state index in [1.807, 2.05) is 11.8 Å². The van der Waals surface area contributed by atoms with Crippen molar-refractivity contribution >= 4 is 17.4 Å². The van der Waals surface area contributed by atoms with Gasteiger partial charge in [-0.2, -0.15) is 0 Å². The van der Waals surface area contributed by atoms with E-state index in [4.69, 9.17) is 9.47 Å². The fraction of sp³-hybridized carbons (Fsp3) is 0.375. The molecule has 0 unspecified atom stereocenters. The molecule has 8 heteroatoms. The number of hydrogen-bond donors (Lipinski definition) is 0. The van der Waals surface area contributed by atoms with E-state index in [2.05, 4.69) is 4.74 Å². The molecule has 0 aliphatic rings. The number of esters is 1. The summed E-state index contributed by atoms with van der Waals surface area (Å²) < 4.78 is 15.1. The monoisotopic (exact) mass is 335 g/mol. The lowest BCUT2D eigenvalue weighted by Gasteiger charge is -2.14. The largest absolute Gasteiger partial charge is 0.493 e. The SMILES string of the molecule is CCOC(=O)C#CC(=O)c1cc(OC(C)C)c(OC)cc1[N+](=O)[O-]. The summed E-state index contributed by atoms with van der Waals surface area (Å²) >= 11 is 0. The van der Waals surface area contributed by atoms with Crippen molar-refractivity contribution in [1.29, 1.82) is 0 Å². The average molecular weight is 335 g/mol. The van der Waals surface area contributed by atoms with Crippen LogP contribution in [0.5, 0.6) is 11.5 Å². The van der Waals surface area contributed by atoms with Gasteiger partial charge in [0, 0.05) is 12.0 Å². The highest BCUT2D eigenvalue weighted by molar-refractivity contribution is 6.14. The maximum Gasteiger partial charge on any atom is 0.384 e. The maximum absolute atomic E-state index is 12.1. The van der Waals surface area contributed by atoms with Gasteiger partial charge in [0.25, 0.3) is 5.69 Å². The van der Waals surface area contributed by atoms with Gasteiger partial charge in [-0.25, -0.2) is 4.79 Å². The third-order valence-corrected chi connectivity index (χ3v) is 2.64. The number of carbonyl (C=O) groups is 2. The summed E-state index contributed by atoms with van der Waals surface area (Å²) in [5.74, 6) is 2.51. The number of nitro groups is 1. The number of hydrogen-bond acceptors (Lipinski definition) is 7. The van der Waals surface area contributed by atoms with Crippen LogP contribution in [0.4, 0.5) is 5.69 Å². The molecular formula is C16H17NO7. The minimum Gasteiger partial charge on any atom is -0.493 e. The van der Waals surface area contributed by atoms with Crippen LogP contribution in [0.3, 0.4) is 0 Å². The van der Waals surface area contributed by atoms with Gasteiger partial charge in [0.1, 0.15) is 5.56 Å². The van der Waals surface area contributed by atoms with E-state index in [9.17, 15) is 19.7 Å². The molecule has 0 aromatic heterocycles. The van der Waals surface area contributed by atoms with Crippen molar-refractivity contribution in [2.24, 2.45) is 0 Å². The molecule has 1 aromatic rings. The standard InChI is InChI=1S/C16H17NO7/c1-5-23-16(19)7-6-13(18)11-8-15(24-10(2)3)14(22-4)9-12(11)17(20)21/h8-10H,5H2,1-4H3. The molecule has 0 heterocycles. The summed E-state index contributed by atoms with van der Waals surface area (Å²) in [6, 6.07) is 2.26. The molecule has 0 N–H and O–H groups in total. The highest BCUT2D eigenvalue weighted by Crippen LogP contribution is 2.35. The lowest BCUT2D eigenvalue weighted by molar-refractivity contribution is -0.385. The first-order valence-corrected chi connectivity index (χ1v) is 7.06. The maximum atomic E-state index is 12.1. The van der Waals surface area contributed by atoms with Crippen LogP contribution in [0.2, 0.25) is 0 Å². The minimum atomic E-state index is -0.897. The number of methoxy groups -OCH3 is 1. The Morgan fingerprint density at radius 2 is 1.92 bits per heavy atom. The molecule has 0 fully saturated rings. The number of nitrogens with zero attached hydrogens (tertiary/aromatic N) is 1. The van der Waals surface area contributed by atoms with Gasteiger partial charge in [-0.05, 0) is 26.7 Å². The predicted octanol–water partition coefficient (Wildman–Crippen LogP) is 2.14. The molecule has 128 valence electrons. The molecule has 0 aliphatic heterocycles. The molecule has 0 radical (unpaired) electrons. The van der Waals surface area contributed by atoms with Gasteiger partial charge in [0.2, 0.25) is 5.78 Å². The van der Waals surface area contributed by atoms with E-state index in [1.165, 1.54) is 13.2 Å². The number of Topliss-reactive ketones (excluding diaryl/α,β-unsaturated/α-hetero) is 1. The highest BCUT2D eigenvalue weighted by atomic mass is 16.6. The van der Waals surface area contributed by atoms with Gasteiger partial charge in [-0.3, -0.25) is 14.9 Å². The van der Waals surface area contributed by atoms with Gasteiger partial charge in [-0.15, -0.1) is 0 Å². The molecule has 1 aromatic carbocycles. The number of carbonyl (C=O) groups excluding carboxylic acids is 2. The van der Waals surface area contributed by atoms with Crippen LogP contribution in [0, 0.1) is 22.0 Å². The third-order valence-electron chi connectivity index (χ3n) is 2.64. The molecule has 0 saturated carbocycles. The lowest BCUT2D eigenvalue weighted by Crippen LogP contribution is -2.10. The zero-order valence-electron chi connectivity index (χ0n) is 13.7. The zero-order chi connectivity index (χ0) is 18.3. The van der Waals surface area contributed by atoms with Crippen molar-refractivity contribution in [3.63, 3.8) is 0 Å². The van der Waals surface area contributed by atoms with Crippen molar-refractivity contribution in [2.45, 2.75) is 26.9 Å². The van der Waals surface area contributed by atoms with E-state index in [0.29, 0.717) is 0 Å². The molecule has 24 heavy (non-hydrogen) atoms. The highest BCUT2D eigenvalue weighted by Gasteiger charge is 2.24. The third kappa shape index (κ3) is 4.98. The van der Waals surface area contributed by atoms with Crippen LogP contribution < -0.4 is 9.47 Å². The van der Waals surface area contributed by atoms with Gasteiger partial charge in [-0.1, -0.05) is 0 Å². The molecule has 0 atom stereocenters. The van der Waals surface area contributed by atoms with E-state index in [-0.39, 0.29) is 29.8 Å². The Kier molecular flexibility index (Phi) is 6.74. The van der Waals surface area contributed by atoms with Gasteiger partial charge in [0.05, 0.1) is 30.8 Å². The van der Waals surface area contributed by atoms with Gasteiger partial charge >= 0.3 is 5.97 Å². The summed E-state index contributed by atoms with van der Waals surface area (Å²) in [6.45, 7) is 5.20. The lowest BCUT2D eigenvalue weighted by atomic mass is 10.1. The molecule has 1 rings (SSSR count). The number of ketones is 1. The second kappa shape index (κ2) is 8.53. The molecule has 0 bridgehead atoms. The minimum absolute atomic E-state index is 0.108. The normalized spacial score (nSPS) is 9.71. The second-order valence-electron chi connectivity index (χ2n) is 4.74. The summed E-state index contributed by atoms with van der Waals surface area (Å²) in [7, 11) is 1.33. The van der Waals surface area contributed by atoms with Gasteiger partial charge in [0.15, 0.2) is 11.5 Å². The van der Waals surface area contributed by atoms with Crippen molar-refractivity contribution in [3.8, 4) is 23.3 Å². The van der Waals surface area contributed by atoms with Gasteiger partial charge < -0.3 is 14.2 Å². The fourth-order valence-corrected chi connectivity index (χ4v) is 1.73. The second-order valence-corrected chi connectivity index (χ2v) is 4.74. The molecule has 0 spiro atoms. The average Bonchev–Trinajstić information content (AvgIpc) is 2.51. The van der Waals surface area contributed by atoms with Crippen LogP contribution >= 0.6 is 0 Å². The number of rotatable bonds is 6. The summed E-state index contributed by atoms with van der Waals surface area (Å²) in [6.07, 6.45) is -0.242. The first kappa shape index (κ1) is 19.0. The Balaban J connectivity index is 3.35. The van der Waals surface area contributed by atoms with Crippen molar-refractivity contribution in [3.05, 3.63) is 27.8 Å². The zero-order valence-corrected chi connectivity index (χ0v) is 13.7. The molecule has 0 aliphatic carbocycles. The van der Waals surface area contributed by atoms with E-state index < -0.39 is 22.4 Å². The Morgan fingerprint density at radius 3 is 2.42 bits per heavy atom. The quantitative estimate of drug-likeness (QED) is 0.149. The Hall–Kier alpha value is -3.08. The predicted molar refractivity (Wildman–Crippen MR) is 84.2 cm³/mol. The number of ether oxygens (including phenoxy) is 3. The molecule has 0 amide bonds.